The first-order chi connectivity index (χ1) is 10.2. The first-order valence-electron chi connectivity index (χ1n) is 7.44. The van der Waals surface area contributed by atoms with E-state index in [1.165, 1.54) is 0 Å². The lowest BCUT2D eigenvalue weighted by atomic mass is 9.95. The quantitative estimate of drug-likeness (QED) is 0.841. The fourth-order valence-corrected chi connectivity index (χ4v) is 2.63. The fraction of sp³-hybridized carbons (Fsp3) is 0.562. The van der Waals surface area contributed by atoms with Crippen LogP contribution in [0.2, 0.25) is 0 Å². The molecule has 1 saturated carbocycles. The maximum atomic E-state index is 11.9. The van der Waals surface area contributed by atoms with Gasteiger partial charge in [0.15, 0.2) is 0 Å². The van der Waals surface area contributed by atoms with Gasteiger partial charge in [-0.1, -0.05) is 12.1 Å². The van der Waals surface area contributed by atoms with E-state index in [1.54, 1.807) is 7.11 Å². The zero-order valence-electron chi connectivity index (χ0n) is 12.5. The van der Waals surface area contributed by atoms with Gasteiger partial charge < -0.3 is 20.5 Å². The predicted octanol–water partition coefficient (Wildman–Crippen LogP) is 2.06. The van der Waals surface area contributed by atoms with Crippen LogP contribution < -0.4 is 11.1 Å². The van der Waals surface area contributed by atoms with E-state index in [0.717, 1.165) is 36.9 Å². The third-order valence-corrected chi connectivity index (χ3v) is 3.81. The van der Waals surface area contributed by atoms with Crippen molar-refractivity contribution in [1.29, 1.82) is 0 Å². The molecular formula is C16H24N2O3. The number of benzene rings is 1. The van der Waals surface area contributed by atoms with Crippen molar-refractivity contribution in [1.82, 2.24) is 0 Å². The van der Waals surface area contributed by atoms with Crippen molar-refractivity contribution in [3.8, 4) is 0 Å². The molecule has 0 aromatic heterocycles. The summed E-state index contributed by atoms with van der Waals surface area (Å²) in [6, 6.07) is 7.53. The molecular weight excluding hydrogens is 268 g/mol. The normalized spacial score (nSPS) is 22.0. The first kappa shape index (κ1) is 15.9. The van der Waals surface area contributed by atoms with Gasteiger partial charge in [-0.05, 0) is 43.4 Å². The molecule has 0 aliphatic heterocycles. The molecule has 2 unspecified atom stereocenters. The molecule has 116 valence electrons. The number of nitrogens with one attached hydrogen (secondary N) is 1. The van der Waals surface area contributed by atoms with Crippen LogP contribution in [0, 0.1) is 0 Å². The van der Waals surface area contributed by atoms with Gasteiger partial charge in [-0.15, -0.1) is 0 Å². The van der Waals surface area contributed by atoms with Crippen LogP contribution in [-0.4, -0.2) is 31.8 Å². The predicted molar refractivity (Wildman–Crippen MR) is 82.0 cm³/mol. The topological polar surface area (TPSA) is 73.6 Å². The maximum absolute atomic E-state index is 11.9. The summed E-state index contributed by atoms with van der Waals surface area (Å²) in [5.41, 5.74) is 7.33. The molecule has 0 bridgehead atoms. The number of hydrogen-bond acceptors (Lipinski definition) is 4. The van der Waals surface area contributed by atoms with E-state index in [-0.39, 0.29) is 24.7 Å². The van der Waals surface area contributed by atoms with Crippen LogP contribution in [-0.2, 0) is 20.8 Å². The highest BCUT2D eigenvalue weighted by molar-refractivity contribution is 5.91. The van der Waals surface area contributed by atoms with Crippen LogP contribution in [0.5, 0.6) is 0 Å². The Labute approximate surface area is 125 Å². The summed E-state index contributed by atoms with van der Waals surface area (Å²) in [5, 5.41) is 2.83. The van der Waals surface area contributed by atoms with E-state index in [1.807, 2.05) is 24.3 Å². The highest BCUT2D eigenvalue weighted by atomic mass is 16.5. The Kier molecular flexibility index (Phi) is 6.17. The summed E-state index contributed by atoms with van der Waals surface area (Å²) in [5.74, 6) is -0.135. The van der Waals surface area contributed by atoms with E-state index in [0.29, 0.717) is 6.54 Å². The summed E-state index contributed by atoms with van der Waals surface area (Å²) >= 11 is 0. The number of anilines is 1. The monoisotopic (exact) mass is 292 g/mol. The van der Waals surface area contributed by atoms with E-state index in [9.17, 15) is 4.79 Å². The molecule has 1 aliphatic carbocycles. The zero-order chi connectivity index (χ0) is 15.1. The van der Waals surface area contributed by atoms with Crippen molar-refractivity contribution in [2.24, 2.45) is 5.73 Å². The van der Waals surface area contributed by atoms with Gasteiger partial charge in [-0.2, -0.15) is 0 Å². The molecule has 0 saturated heterocycles. The molecule has 3 N–H and O–H groups in total. The standard InChI is InChI=1S/C16H24N2O3/c1-20-14-6-3-7-15(9-14)21-11-16(19)18-13-5-2-4-12(8-13)10-17/h2,4-5,8,14-15H,3,6-7,9-11,17H2,1H3,(H,18,19). The van der Waals surface area contributed by atoms with Gasteiger partial charge in [-0.3, -0.25) is 4.79 Å². The maximum Gasteiger partial charge on any atom is 0.250 e. The van der Waals surface area contributed by atoms with Gasteiger partial charge in [-0.25, -0.2) is 0 Å². The molecule has 0 heterocycles. The Bertz CT molecular complexity index is 465. The minimum atomic E-state index is -0.135. The van der Waals surface area contributed by atoms with Crippen molar-refractivity contribution in [3.63, 3.8) is 0 Å². The number of methoxy groups -OCH3 is 1. The van der Waals surface area contributed by atoms with Crippen LogP contribution in [0.25, 0.3) is 0 Å². The summed E-state index contributed by atoms with van der Waals surface area (Å²) < 4.78 is 11.0. The van der Waals surface area contributed by atoms with E-state index in [4.69, 9.17) is 15.2 Å². The molecule has 1 amide bonds. The third kappa shape index (κ3) is 5.12. The van der Waals surface area contributed by atoms with E-state index < -0.39 is 0 Å². The fourth-order valence-electron chi connectivity index (χ4n) is 2.63. The minimum absolute atomic E-state index is 0.0773. The third-order valence-electron chi connectivity index (χ3n) is 3.81. The number of ether oxygens (including phenoxy) is 2. The SMILES string of the molecule is COC1CCCC(OCC(=O)Nc2cccc(CN)c2)C1. The van der Waals surface area contributed by atoms with Crippen molar-refractivity contribution < 1.29 is 14.3 Å². The van der Waals surface area contributed by atoms with Gasteiger partial charge in [0.05, 0.1) is 12.2 Å². The number of hydrogen-bond donors (Lipinski definition) is 2. The van der Waals surface area contributed by atoms with Crippen molar-refractivity contribution in [3.05, 3.63) is 29.8 Å². The molecule has 1 fully saturated rings. The molecule has 1 aliphatic rings. The highest BCUT2D eigenvalue weighted by Gasteiger charge is 2.22. The van der Waals surface area contributed by atoms with Gasteiger partial charge in [0, 0.05) is 19.3 Å². The van der Waals surface area contributed by atoms with E-state index in [2.05, 4.69) is 5.32 Å². The van der Waals surface area contributed by atoms with Crippen molar-refractivity contribution in [2.45, 2.75) is 44.4 Å². The molecule has 0 spiro atoms. The summed E-state index contributed by atoms with van der Waals surface area (Å²) in [6.45, 7) is 0.536. The molecule has 1 aromatic carbocycles. The molecule has 5 nitrogen and oxygen atoms in total. The number of nitrogens with two attached hydrogens (primary N) is 1. The van der Waals surface area contributed by atoms with Crippen LogP contribution in [0.4, 0.5) is 5.69 Å². The van der Waals surface area contributed by atoms with Crippen molar-refractivity contribution >= 4 is 11.6 Å². The highest BCUT2D eigenvalue weighted by Crippen LogP contribution is 2.23. The van der Waals surface area contributed by atoms with Crippen LogP contribution >= 0.6 is 0 Å². The van der Waals surface area contributed by atoms with Gasteiger partial charge >= 0.3 is 0 Å². The van der Waals surface area contributed by atoms with E-state index >= 15 is 0 Å². The molecule has 0 radical (unpaired) electrons. The minimum Gasteiger partial charge on any atom is -0.381 e. The average molecular weight is 292 g/mol. The Balaban J connectivity index is 1.76. The summed E-state index contributed by atoms with van der Waals surface area (Å²) in [7, 11) is 1.73. The van der Waals surface area contributed by atoms with Gasteiger partial charge in [0.25, 0.3) is 0 Å². The number of rotatable bonds is 6. The Hall–Kier alpha value is -1.43. The van der Waals surface area contributed by atoms with Crippen LogP contribution in [0.15, 0.2) is 24.3 Å². The molecule has 5 heteroatoms. The number of carbonyl (C=O) groups excluding carboxylic acids is 1. The number of amides is 1. The second-order valence-electron chi connectivity index (χ2n) is 5.41. The van der Waals surface area contributed by atoms with Gasteiger partial charge in [0.2, 0.25) is 5.91 Å². The second-order valence-corrected chi connectivity index (χ2v) is 5.41. The molecule has 1 aromatic rings. The lowest BCUT2D eigenvalue weighted by Gasteiger charge is -2.27. The summed E-state index contributed by atoms with van der Waals surface area (Å²) in [4.78, 5) is 11.9. The summed E-state index contributed by atoms with van der Waals surface area (Å²) in [6.07, 6.45) is 4.40. The molecule has 2 atom stereocenters. The van der Waals surface area contributed by atoms with Crippen molar-refractivity contribution in [2.75, 3.05) is 19.0 Å². The second kappa shape index (κ2) is 8.12. The first-order valence-corrected chi connectivity index (χ1v) is 7.44. The largest absolute Gasteiger partial charge is 0.381 e. The Morgan fingerprint density at radius 2 is 2.19 bits per heavy atom. The average Bonchev–Trinajstić information content (AvgIpc) is 2.53. The van der Waals surface area contributed by atoms with Crippen LogP contribution in [0.3, 0.4) is 0 Å². The zero-order valence-corrected chi connectivity index (χ0v) is 12.5. The van der Waals surface area contributed by atoms with Crippen LogP contribution in [0.1, 0.15) is 31.2 Å². The van der Waals surface area contributed by atoms with Gasteiger partial charge in [0.1, 0.15) is 6.61 Å². The lowest BCUT2D eigenvalue weighted by Crippen LogP contribution is -2.30. The number of carbonyl (C=O) groups is 1. The smallest absolute Gasteiger partial charge is 0.250 e. The molecule has 2 rings (SSSR count). The lowest BCUT2D eigenvalue weighted by molar-refractivity contribution is -0.124. The Morgan fingerprint density at radius 3 is 2.95 bits per heavy atom. The molecule has 21 heavy (non-hydrogen) atoms. The Morgan fingerprint density at radius 1 is 1.38 bits per heavy atom.